The predicted octanol–water partition coefficient (Wildman–Crippen LogP) is 28.1. The molecule has 6 rings (SSSR count). The third-order valence-corrected chi connectivity index (χ3v) is 28.1. The van der Waals surface area contributed by atoms with E-state index in [0.29, 0.717) is 62.3 Å². The molecule has 0 aliphatic heterocycles. The Bertz CT molecular complexity index is 3100. The van der Waals surface area contributed by atoms with Gasteiger partial charge in [0, 0.05) is 65.7 Å². The van der Waals surface area contributed by atoms with Gasteiger partial charge in [-0.25, -0.2) is 0 Å². The van der Waals surface area contributed by atoms with Crippen LogP contribution in [-0.2, 0) is 28.8 Å². The molecule has 0 heterocycles. The summed E-state index contributed by atoms with van der Waals surface area (Å²) in [7, 11) is 0. The van der Waals surface area contributed by atoms with Crippen molar-refractivity contribution in [2.45, 2.75) is 574 Å². The smallest absolute Gasteiger partial charge is 0.155 e. The highest BCUT2D eigenvalue weighted by molar-refractivity contribution is 5.91. The van der Waals surface area contributed by atoms with Crippen LogP contribution in [0.25, 0.3) is 0 Å². The van der Waals surface area contributed by atoms with Gasteiger partial charge in [-0.3, -0.25) is 28.8 Å². The van der Waals surface area contributed by atoms with Crippen molar-refractivity contribution in [3.8, 4) is 0 Å². The zero-order valence-electron chi connectivity index (χ0n) is 89.7. The normalized spacial score (nSPS) is 21.8. The Kier molecular flexibility index (Phi) is 43.5. The lowest BCUT2D eigenvalue weighted by atomic mass is 9.64. The maximum Gasteiger partial charge on any atom is 0.155 e. The molecule has 6 N–H and O–H groups in total. The third-order valence-electron chi connectivity index (χ3n) is 28.1. The molecule has 0 radical (unpaired) electrons. The first-order valence-electron chi connectivity index (χ1n) is 49.6. The minimum atomic E-state index is -0.288. The first-order valence-corrected chi connectivity index (χ1v) is 49.6. The van der Waals surface area contributed by atoms with Crippen molar-refractivity contribution in [3.63, 3.8) is 0 Å². The van der Waals surface area contributed by atoms with Crippen LogP contribution in [0, 0.1) is 88.7 Å². The van der Waals surface area contributed by atoms with E-state index in [2.05, 4.69) is 226 Å². The molecule has 714 valence electrons. The molecular formula is C109H212N6O6. The first-order chi connectivity index (χ1) is 53.7. The van der Waals surface area contributed by atoms with Crippen molar-refractivity contribution in [3.05, 3.63) is 0 Å². The summed E-state index contributed by atoms with van der Waals surface area (Å²) in [4.78, 5) is 76.4. The summed E-state index contributed by atoms with van der Waals surface area (Å²) in [6, 6.07) is -0.0955. The largest absolute Gasteiger partial charge is 0.303 e. The van der Waals surface area contributed by atoms with Gasteiger partial charge >= 0.3 is 0 Å². The van der Waals surface area contributed by atoms with Crippen molar-refractivity contribution in [1.82, 2.24) is 31.9 Å². The molecule has 6 aliphatic rings. The number of rotatable bonds is 30. The van der Waals surface area contributed by atoms with E-state index in [0.717, 1.165) is 56.3 Å². The van der Waals surface area contributed by atoms with Crippen LogP contribution in [0.2, 0.25) is 0 Å². The van der Waals surface area contributed by atoms with E-state index < -0.39 is 0 Å². The van der Waals surface area contributed by atoms with Crippen LogP contribution in [0.4, 0.5) is 0 Å². The third kappa shape index (κ3) is 46.2. The van der Waals surface area contributed by atoms with E-state index in [4.69, 9.17) is 0 Å². The van der Waals surface area contributed by atoms with Gasteiger partial charge in [-0.1, -0.05) is 245 Å². The molecule has 12 heteroatoms. The van der Waals surface area contributed by atoms with Gasteiger partial charge in [0.1, 0.15) is 0 Å². The van der Waals surface area contributed by atoms with Gasteiger partial charge in [-0.05, 0) is 316 Å². The minimum Gasteiger partial charge on any atom is -0.303 e. The number of Topliss-reactive ketones (excluding diaryl/α,β-unsaturated/α-hetero) is 6. The zero-order chi connectivity index (χ0) is 95.0. The molecule has 0 amide bonds. The Morgan fingerprint density at radius 2 is 0.554 bits per heavy atom. The van der Waals surface area contributed by atoms with Crippen LogP contribution in [0.15, 0.2) is 0 Å². The molecule has 0 bridgehead atoms. The first kappa shape index (κ1) is 117. The summed E-state index contributed by atoms with van der Waals surface area (Å²) in [6.07, 6.45) is 36.1. The molecule has 6 atom stereocenters. The Balaban J connectivity index is 0.000000727. The molecule has 6 aliphatic carbocycles. The molecule has 121 heavy (non-hydrogen) atoms. The fourth-order valence-electron chi connectivity index (χ4n) is 18.9. The second-order valence-electron chi connectivity index (χ2n) is 55.8. The molecule has 0 aromatic heterocycles. The van der Waals surface area contributed by atoms with E-state index in [-0.39, 0.29) is 113 Å². The second kappa shape index (κ2) is 45.1. The van der Waals surface area contributed by atoms with Gasteiger partial charge in [0.25, 0.3) is 0 Å². The monoisotopic (exact) mass is 1700 g/mol. The van der Waals surface area contributed by atoms with E-state index in [1.165, 1.54) is 148 Å². The van der Waals surface area contributed by atoms with Crippen LogP contribution in [-0.4, -0.2) is 104 Å². The highest BCUT2D eigenvalue weighted by Crippen LogP contribution is 2.60. The van der Waals surface area contributed by atoms with E-state index >= 15 is 0 Å². The number of ketones is 6. The molecule has 0 spiro atoms. The lowest BCUT2D eigenvalue weighted by molar-refractivity contribution is -0.130. The number of hydrogen-bond acceptors (Lipinski definition) is 12. The Morgan fingerprint density at radius 1 is 0.289 bits per heavy atom. The molecule has 0 aromatic rings. The average Bonchev–Trinajstić information content (AvgIpc) is 1.61. The highest BCUT2D eigenvalue weighted by Gasteiger charge is 2.52. The fourth-order valence-corrected chi connectivity index (χ4v) is 18.9. The summed E-state index contributed by atoms with van der Waals surface area (Å²) >= 11 is 0. The Morgan fingerprint density at radius 3 is 0.843 bits per heavy atom. The molecule has 6 saturated carbocycles. The Hall–Kier alpha value is -2.22. The number of nitrogens with one attached hydrogen (secondary N) is 6. The lowest BCUT2D eigenvalue weighted by Gasteiger charge is -2.42. The van der Waals surface area contributed by atoms with Crippen molar-refractivity contribution in [2.24, 2.45) is 88.7 Å². The van der Waals surface area contributed by atoms with Crippen molar-refractivity contribution in [1.29, 1.82) is 0 Å². The predicted molar refractivity (Wildman–Crippen MR) is 526 cm³/mol. The van der Waals surface area contributed by atoms with Gasteiger partial charge < -0.3 is 31.9 Å². The van der Waals surface area contributed by atoms with Crippen LogP contribution in [0.5, 0.6) is 0 Å². The number of carbonyl (C=O) groups is 6. The van der Waals surface area contributed by atoms with Gasteiger partial charge in [0.05, 0.1) is 36.3 Å². The van der Waals surface area contributed by atoms with E-state index in [1.54, 1.807) is 0 Å². The van der Waals surface area contributed by atoms with E-state index in [9.17, 15) is 28.8 Å². The summed E-state index contributed by atoms with van der Waals surface area (Å²) in [5.74, 6) is 5.19. The summed E-state index contributed by atoms with van der Waals surface area (Å²) in [6.45, 7) is 98.8. The zero-order valence-corrected chi connectivity index (χ0v) is 89.7. The molecule has 0 saturated heterocycles. The van der Waals surface area contributed by atoms with Crippen LogP contribution in [0.3, 0.4) is 0 Å². The van der Waals surface area contributed by atoms with Crippen molar-refractivity contribution < 1.29 is 28.8 Å². The summed E-state index contributed by atoms with van der Waals surface area (Å²) < 4.78 is 0. The van der Waals surface area contributed by atoms with Crippen molar-refractivity contribution >= 4 is 34.7 Å². The highest BCUT2D eigenvalue weighted by atomic mass is 16.2. The summed E-state index contributed by atoms with van der Waals surface area (Å²) in [5.41, 5.74) is 0.632. The van der Waals surface area contributed by atoms with Gasteiger partial charge in [0.15, 0.2) is 34.7 Å². The van der Waals surface area contributed by atoms with E-state index in [1.807, 2.05) is 125 Å². The van der Waals surface area contributed by atoms with Crippen LogP contribution >= 0.6 is 0 Å². The quantitative estimate of drug-likeness (QED) is 0.0402. The van der Waals surface area contributed by atoms with Crippen LogP contribution < -0.4 is 31.9 Å². The minimum absolute atomic E-state index is 0.00124. The number of hydrogen-bond donors (Lipinski definition) is 6. The summed E-state index contributed by atoms with van der Waals surface area (Å²) in [5, 5.41) is 21.4. The SMILES string of the molecule is CC(C)(C)NC(CC(C)(C)C1(C)CC1)C(=O)C(C)(C)C.CC(C)(C)NC(CC(C)(C)C1CCCC1)C(=O)C(C)(C)C.CC(C)(C)NC(CCC1CCCC1)C(=O)C(C)(C)C.CC(C)C1(C)CCC(CC(NC(C)(C)C)C(=O)C(C)(C)C)CC1.CC1(CCC(NC(C)(C)C)C(=O)C(C)(C)C)CC1.CC1(CCC(NC(C)(C)C)C(=O)C(C)(C)C)CCCC1. The van der Waals surface area contributed by atoms with Gasteiger partial charge in [-0.15, -0.1) is 0 Å². The topological polar surface area (TPSA) is 175 Å². The maximum atomic E-state index is 12.9. The van der Waals surface area contributed by atoms with Gasteiger partial charge in [-0.2, -0.15) is 0 Å². The number of carbonyl (C=O) groups excluding carboxylic acids is 6. The van der Waals surface area contributed by atoms with Crippen molar-refractivity contribution in [2.75, 3.05) is 0 Å². The van der Waals surface area contributed by atoms with Crippen LogP contribution in [0.1, 0.15) is 505 Å². The lowest BCUT2D eigenvalue weighted by Crippen LogP contribution is -2.53. The van der Waals surface area contributed by atoms with Gasteiger partial charge in [0.2, 0.25) is 0 Å². The average molecular weight is 1700 g/mol. The molecule has 12 nitrogen and oxygen atoms in total. The Labute approximate surface area is 753 Å². The second-order valence-corrected chi connectivity index (χ2v) is 55.8. The molecule has 0 aromatic carbocycles. The molecular weight excluding hydrogens is 1490 g/mol. The molecule has 6 unspecified atom stereocenters. The standard InChI is InChI=1S/C21H41NO.C19H37NO.2C18H35NO.C17H33NO.C16H31NO/c1-15(2)21(9)12-10-16(11-13-21)14-17(22-20(6,7)8)18(23)19(3,4)5;1-17(2,3)16(21)15(20-18(4,5)6)13-19(7,8)14-11-9-10-12-14;1-15(2,3)14(20)13(19-16(4,5)6)12-17(7,8)18(9)10-11-18;1-16(2,3)15(20)14(19-17(4,5)6)10-13-18(7)11-8-9-12-18;1-16(2,3)15(19)14(18-17(4,5)6)12-11-13-9-7-8-10-13;1-14(2,3)13(18)12(17-15(4,5)6)8-9-16(7)10-11-16/h15-17,22H,10-14H2,1-9H3;14-15,20H,9-13H2,1-8H3;13,19H,10-12H2,1-9H3;14,19H,8-13H2,1-7H3;13-14,18H,7-12H2,1-6H3;12,17H,8-11H2,1-7H3. The molecule has 6 fully saturated rings. The fraction of sp³-hybridized carbons (Fsp3) is 0.945. The maximum absolute atomic E-state index is 12.9.